The number of amides is 1. The Hall–Kier alpha value is -1.62. The van der Waals surface area contributed by atoms with Gasteiger partial charge in [0, 0.05) is 17.6 Å². The maximum Gasteiger partial charge on any atom is 0.283 e. The van der Waals surface area contributed by atoms with Crippen molar-refractivity contribution in [2.75, 3.05) is 6.54 Å². The highest BCUT2D eigenvalue weighted by Gasteiger charge is 2.20. The number of carbonyl (C=O) groups is 1. The first-order valence-corrected chi connectivity index (χ1v) is 6.01. The predicted molar refractivity (Wildman–Crippen MR) is 69.9 cm³/mol. The minimum absolute atomic E-state index is 0.0353. The van der Waals surface area contributed by atoms with Crippen LogP contribution in [0.4, 0.5) is 5.69 Å². The smallest absolute Gasteiger partial charge is 0.283 e. The van der Waals surface area contributed by atoms with Crippen molar-refractivity contribution in [1.82, 2.24) is 5.32 Å². The highest BCUT2D eigenvalue weighted by molar-refractivity contribution is 6.31. The fourth-order valence-electron chi connectivity index (χ4n) is 1.42. The summed E-state index contributed by atoms with van der Waals surface area (Å²) in [7, 11) is 0. The lowest BCUT2D eigenvalue weighted by molar-refractivity contribution is -0.385. The van der Waals surface area contributed by atoms with Crippen LogP contribution in [-0.4, -0.2) is 17.4 Å². The summed E-state index contributed by atoms with van der Waals surface area (Å²) in [5, 5.41) is 13.7. The van der Waals surface area contributed by atoms with Crippen LogP contribution in [0.1, 0.15) is 30.6 Å². The van der Waals surface area contributed by atoms with Gasteiger partial charge in [0.25, 0.3) is 11.6 Å². The van der Waals surface area contributed by atoms with E-state index < -0.39 is 10.8 Å². The highest BCUT2D eigenvalue weighted by atomic mass is 35.5. The fourth-order valence-corrected chi connectivity index (χ4v) is 1.58. The number of halogens is 1. The predicted octanol–water partition coefficient (Wildman–Crippen LogP) is 3.02. The topological polar surface area (TPSA) is 72.2 Å². The van der Waals surface area contributed by atoms with Gasteiger partial charge in [-0.3, -0.25) is 14.9 Å². The molecule has 1 N–H and O–H groups in total. The first-order valence-electron chi connectivity index (χ1n) is 5.64. The molecule has 0 atom stereocenters. The minimum Gasteiger partial charge on any atom is -0.352 e. The highest BCUT2D eigenvalue weighted by Crippen LogP contribution is 2.23. The average molecular weight is 271 g/mol. The third-order valence-corrected chi connectivity index (χ3v) is 2.64. The lowest BCUT2D eigenvalue weighted by atomic mass is 10.1. The Kier molecular flexibility index (Phi) is 5.09. The van der Waals surface area contributed by atoms with Crippen LogP contribution in [0.3, 0.4) is 0 Å². The van der Waals surface area contributed by atoms with Gasteiger partial charge in [-0.1, -0.05) is 25.4 Å². The molecule has 0 fully saturated rings. The van der Waals surface area contributed by atoms with Gasteiger partial charge in [-0.05, 0) is 24.5 Å². The van der Waals surface area contributed by atoms with E-state index in [2.05, 4.69) is 5.32 Å². The summed E-state index contributed by atoms with van der Waals surface area (Å²) in [6, 6.07) is 4.01. The standard InChI is InChI=1S/C12H15ClN2O3/c1-8(2)5-6-14-12(16)10-4-3-9(13)7-11(10)15(17)18/h3-4,7-8H,5-6H2,1-2H3,(H,14,16). The van der Waals surface area contributed by atoms with E-state index in [0.717, 1.165) is 6.42 Å². The molecule has 98 valence electrons. The summed E-state index contributed by atoms with van der Waals surface area (Å²) in [6.45, 7) is 4.57. The van der Waals surface area contributed by atoms with Gasteiger partial charge >= 0.3 is 0 Å². The van der Waals surface area contributed by atoms with E-state index in [-0.39, 0.29) is 16.3 Å². The molecule has 1 amide bonds. The van der Waals surface area contributed by atoms with Gasteiger partial charge in [0.1, 0.15) is 5.56 Å². The summed E-state index contributed by atoms with van der Waals surface area (Å²) in [6.07, 6.45) is 0.827. The Labute approximate surface area is 110 Å². The van der Waals surface area contributed by atoms with E-state index >= 15 is 0 Å². The Balaban J connectivity index is 2.82. The maximum absolute atomic E-state index is 11.8. The second-order valence-electron chi connectivity index (χ2n) is 4.36. The van der Waals surface area contributed by atoms with Gasteiger partial charge in [-0.25, -0.2) is 0 Å². The first-order chi connectivity index (χ1) is 8.41. The van der Waals surface area contributed by atoms with Crippen molar-refractivity contribution in [1.29, 1.82) is 0 Å². The molecule has 6 heteroatoms. The van der Waals surface area contributed by atoms with Crippen LogP contribution in [0.25, 0.3) is 0 Å². The van der Waals surface area contributed by atoms with Crippen molar-refractivity contribution in [3.8, 4) is 0 Å². The zero-order chi connectivity index (χ0) is 13.7. The zero-order valence-corrected chi connectivity index (χ0v) is 11.0. The van der Waals surface area contributed by atoms with Gasteiger partial charge in [0.2, 0.25) is 0 Å². The van der Waals surface area contributed by atoms with Crippen molar-refractivity contribution in [3.05, 3.63) is 38.9 Å². The number of nitrogens with zero attached hydrogens (tertiary/aromatic N) is 1. The number of rotatable bonds is 5. The summed E-state index contributed by atoms with van der Waals surface area (Å²) < 4.78 is 0. The number of benzene rings is 1. The van der Waals surface area contributed by atoms with Crippen LogP contribution in [0.2, 0.25) is 5.02 Å². The van der Waals surface area contributed by atoms with Crippen LogP contribution in [0, 0.1) is 16.0 Å². The quantitative estimate of drug-likeness (QED) is 0.660. The monoisotopic (exact) mass is 270 g/mol. The van der Waals surface area contributed by atoms with Crippen molar-refractivity contribution in [3.63, 3.8) is 0 Å². The van der Waals surface area contributed by atoms with Gasteiger partial charge in [0.05, 0.1) is 4.92 Å². The summed E-state index contributed by atoms with van der Waals surface area (Å²) in [4.78, 5) is 22.0. The van der Waals surface area contributed by atoms with E-state index in [9.17, 15) is 14.9 Å². The molecular weight excluding hydrogens is 256 g/mol. The maximum atomic E-state index is 11.8. The van der Waals surface area contributed by atoms with Crippen molar-refractivity contribution >= 4 is 23.2 Å². The Bertz CT molecular complexity index is 461. The molecule has 1 rings (SSSR count). The van der Waals surface area contributed by atoms with E-state index in [0.29, 0.717) is 12.5 Å². The van der Waals surface area contributed by atoms with Gasteiger partial charge in [-0.15, -0.1) is 0 Å². The third-order valence-electron chi connectivity index (χ3n) is 2.41. The lowest BCUT2D eigenvalue weighted by Gasteiger charge is -2.07. The minimum atomic E-state index is -0.608. The van der Waals surface area contributed by atoms with E-state index in [1.165, 1.54) is 18.2 Å². The second-order valence-corrected chi connectivity index (χ2v) is 4.79. The molecule has 5 nitrogen and oxygen atoms in total. The number of hydrogen-bond donors (Lipinski definition) is 1. The number of nitro groups is 1. The second kappa shape index (κ2) is 6.35. The van der Waals surface area contributed by atoms with Crippen LogP contribution in [-0.2, 0) is 0 Å². The number of carbonyl (C=O) groups excluding carboxylic acids is 1. The molecular formula is C12H15ClN2O3. The molecule has 0 aliphatic rings. The molecule has 1 aromatic carbocycles. The number of hydrogen-bond acceptors (Lipinski definition) is 3. The molecule has 0 aliphatic heterocycles. The zero-order valence-electron chi connectivity index (χ0n) is 10.3. The average Bonchev–Trinajstić information content (AvgIpc) is 2.28. The Morgan fingerprint density at radius 2 is 2.17 bits per heavy atom. The van der Waals surface area contributed by atoms with E-state index in [1.807, 2.05) is 13.8 Å². The van der Waals surface area contributed by atoms with Crippen molar-refractivity contribution < 1.29 is 9.72 Å². The first kappa shape index (κ1) is 14.4. The molecule has 18 heavy (non-hydrogen) atoms. The lowest BCUT2D eigenvalue weighted by Crippen LogP contribution is -2.26. The Morgan fingerprint density at radius 1 is 1.50 bits per heavy atom. The largest absolute Gasteiger partial charge is 0.352 e. The molecule has 0 bridgehead atoms. The van der Waals surface area contributed by atoms with Gasteiger partial charge in [-0.2, -0.15) is 0 Å². The number of nitro benzene ring substituents is 1. The molecule has 0 saturated carbocycles. The van der Waals surface area contributed by atoms with Crippen LogP contribution < -0.4 is 5.32 Å². The Morgan fingerprint density at radius 3 is 2.72 bits per heavy atom. The van der Waals surface area contributed by atoms with E-state index in [4.69, 9.17) is 11.6 Å². The molecule has 0 radical (unpaired) electrons. The van der Waals surface area contributed by atoms with Crippen LogP contribution in [0.15, 0.2) is 18.2 Å². The van der Waals surface area contributed by atoms with Gasteiger partial charge in [0.15, 0.2) is 0 Å². The van der Waals surface area contributed by atoms with Gasteiger partial charge < -0.3 is 5.32 Å². The van der Waals surface area contributed by atoms with Crippen molar-refractivity contribution in [2.45, 2.75) is 20.3 Å². The fraction of sp³-hybridized carbons (Fsp3) is 0.417. The SMILES string of the molecule is CC(C)CCNC(=O)c1ccc(Cl)cc1[N+](=O)[O-]. The molecule has 0 spiro atoms. The molecule has 0 saturated heterocycles. The molecule has 0 aliphatic carbocycles. The van der Waals surface area contributed by atoms with Crippen molar-refractivity contribution in [2.24, 2.45) is 5.92 Å². The summed E-state index contributed by atoms with van der Waals surface area (Å²) in [5.41, 5.74) is -0.238. The molecule has 1 aromatic rings. The van der Waals surface area contributed by atoms with Crippen LogP contribution >= 0.6 is 11.6 Å². The molecule has 0 aromatic heterocycles. The third kappa shape index (κ3) is 4.00. The molecule has 0 heterocycles. The normalized spacial score (nSPS) is 10.4. The number of nitrogens with one attached hydrogen (secondary N) is 1. The molecule has 0 unspecified atom stereocenters. The van der Waals surface area contributed by atoms with Crippen LogP contribution in [0.5, 0.6) is 0 Å². The summed E-state index contributed by atoms with van der Waals surface area (Å²) in [5.74, 6) is 0.0181. The van der Waals surface area contributed by atoms with E-state index in [1.54, 1.807) is 0 Å². The summed E-state index contributed by atoms with van der Waals surface area (Å²) >= 11 is 5.68.